The zero-order valence-electron chi connectivity index (χ0n) is 9.97. The molecule has 0 aliphatic carbocycles. The summed E-state index contributed by atoms with van der Waals surface area (Å²) in [5.41, 5.74) is 7.10. The van der Waals surface area contributed by atoms with E-state index in [0.717, 1.165) is 25.1 Å². The van der Waals surface area contributed by atoms with Gasteiger partial charge < -0.3 is 10.3 Å². The summed E-state index contributed by atoms with van der Waals surface area (Å²) in [7, 11) is 0. The van der Waals surface area contributed by atoms with Crippen molar-refractivity contribution in [2.45, 2.75) is 32.2 Å². The lowest BCUT2D eigenvalue weighted by Crippen LogP contribution is -2.09. The third-order valence-electron chi connectivity index (χ3n) is 2.72. The number of hydrogen-bond donors (Lipinski definition) is 1. The molecule has 2 rings (SSSR count). The Bertz CT molecular complexity index is 453. The highest BCUT2D eigenvalue weighted by molar-refractivity contribution is 5.15. The fourth-order valence-corrected chi connectivity index (χ4v) is 1.60. The smallest absolute Gasteiger partial charge is 0.243 e. The van der Waals surface area contributed by atoms with Crippen LogP contribution in [0.15, 0.2) is 34.9 Å². The fraction of sp³-hybridized carbons (Fsp3) is 0.385. The van der Waals surface area contributed by atoms with Gasteiger partial charge >= 0.3 is 0 Å². The van der Waals surface area contributed by atoms with Crippen molar-refractivity contribution in [3.63, 3.8) is 0 Å². The molecule has 0 saturated carbocycles. The van der Waals surface area contributed by atoms with Crippen molar-refractivity contribution < 1.29 is 4.52 Å². The first-order chi connectivity index (χ1) is 8.29. The van der Waals surface area contributed by atoms with Crippen molar-refractivity contribution >= 4 is 0 Å². The van der Waals surface area contributed by atoms with E-state index in [9.17, 15) is 0 Å². The third kappa shape index (κ3) is 3.14. The maximum atomic E-state index is 5.82. The van der Waals surface area contributed by atoms with E-state index in [-0.39, 0.29) is 6.04 Å². The van der Waals surface area contributed by atoms with Crippen LogP contribution in [0.5, 0.6) is 0 Å². The van der Waals surface area contributed by atoms with Gasteiger partial charge in [0.15, 0.2) is 5.82 Å². The van der Waals surface area contributed by atoms with Gasteiger partial charge in [-0.05, 0) is 18.4 Å². The van der Waals surface area contributed by atoms with Crippen LogP contribution in [0, 0.1) is 0 Å². The summed E-state index contributed by atoms with van der Waals surface area (Å²) >= 11 is 0. The van der Waals surface area contributed by atoms with Crippen LogP contribution < -0.4 is 5.73 Å². The van der Waals surface area contributed by atoms with Gasteiger partial charge in [-0.3, -0.25) is 0 Å². The molecule has 0 fully saturated rings. The van der Waals surface area contributed by atoms with Crippen molar-refractivity contribution in [1.29, 1.82) is 0 Å². The Labute approximate surface area is 101 Å². The lowest BCUT2D eigenvalue weighted by molar-refractivity contribution is 0.348. The lowest BCUT2D eigenvalue weighted by atomic mass is 10.1. The monoisotopic (exact) mass is 231 g/mol. The molecule has 4 heteroatoms. The molecule has 0 unspecified atom stereocenters. The minimum absolute atomic E-state index is 0.145. The van der Waals surface area contributed by atoms with E-state index in [1.165, 1.54) is 5.56 Å². The van der Waals surface area contributed by atoms with Gasteiger partial charge in [-0.2, -0.15) is 4.98 Å². The van der Waals surface area contributed by atoms with Crippen LogP contribution in [0.25, 0.3) is 0 Å². The Morgan fingerprint density at radius 1 is 1.24 bits per heavy atom. The zero-order valence-corrected chi connectivity index (χ0v) is 9.97. The molecule has 0 spiro atoms. The van der Waals surface area contributed by atoms with Crippen LogP contribution in [0.3, 0.4) is 0 Å². The van der Waals surface area contributed by atoms with Gasteiger partial charge in [-0.1, -0.05) is 42.4 Å². The molecular weight excluding hydrogens is 214 g/mol. The normalized spacial score (nSPS) is 12.6. The standard InChI is InChI=1S/C13H17N3O/c1-2-11(14)13-15-12(16-17-13)9-8-10-6-4-3-5-7-10/h3-7,11H,2,8-9,14H2,1H3/t11-/m1/s1. The van der Waals surface area contributed by atoms with Gasteiger partial charge in [0.2, 0.25) is 5.89 Å². The molecule has 1 aromatic carbocycles. The molecule has 17 heavy (non-hydrogen) atoms. The van der Waals surface area contributed by atoms with Gasteiger partial charge in [0, 0.05) is 6.42 Å². The summed E-state index contributed by atoms with van der Waals surface area (Å²) < 4.78 is 5.12. The second-order valence-corrected chi connectivity index (χ2v) is 4.05. The van der Waals surface area contributed by atoms with E-state index in [1.54, 1.807) is 0 Å². The number of rotatable bonds is 5. The van der Waals surface area contributed by atoms with Gasteiger partial charge in [0.1, 0.15) is 0 Å². The number of nitrogens with two attached hydrogens (primary N) is 1. The largest absolute Gasteiger partial charge is 0.338 e. The van der Waals surface area contributed by atoms with Gasteiger partial charge in [-0.15, -0.1) is 0 Å². The second kappa shape index (κ2) is 5.59. The molecule has 0 radical (unpaired) electrons. The Kier molecular flexibility index (Phi) is 3.88. The maximum Gasteiger partial charge on any atom is 0.243 e. The van der Waals surface area contributed by atoms with E-state index in [2.05, 4.69) is 22.3 Å². The molecule has 1 atom stereocenters. The average molecular weight is 231 g/mol. The highest BCUT2D eigenvalue weighted by Gasteiger charge is 2.12. The van der Waals surface area contributed by atoms with Crippen LogP contribution in [0.4, 0.5) is 0 Å². The summed E-state index contributed by atoms with van der Waals surface area (Å²) in [5, 5.41) is 3.93. The fourth-order valence-electron chi connectivity index (χ4n) is 1.60. The quantitative estimate of drug-likeness (QED) is 0.857. The molecule has 2 N–H and O–H groups in total. The summed E-state index contributed by atoms with van der Waals surface area (Å²) in [4.78, 5) is 4.29. The van der Waals surface area contributed by atoms with E-state index in [0.29, 0.717) is 5.89 Å². The molecule has 0 aliphatic rings. The molecule has 90 valence electrons. The minimum Gasteiger partial charge on any atom is -0.338 e. The van der Waals surface area contributed by atoms with Crippen LogP contribution in [0.1, 0.15) is 36.7 Å². The summed E-state index contributed by atoms with van der Waals surface area (Å²) in [6.07, 6.45) is 2.51. The SMILES string of the molecule is CC[C@@H](N)c1nc(CCc2ccccc2)no1. The Balaban J connectivity index is 1.94. The molecular formula is C13H17N3O. The molecule has 1 aromatic heterocycles. The minimum atomic E-state index is -0.145. The van der Waals surface area contributed by atoms with E-state index in [1.807, 2.05) is 25.1 Å². The van der Waals surface area contributed by atoms with Crippen LogP contribution in [0.2, 0.25) is 0 Å². The first-order valence-electron chi connectivity index (χ1n) is 5.91. The first kappa shape index (κ1) is 11.8. The van der Waals surface area contributed by atoms with Gasteiger partial charge in [-0.25, -0.2) is 0 Å². The van der Waals surface area contributed by atoms with Crippen LogP contribution >= 0.6 is 0 Å². The Morgan fingerprint density at radius 3 is 2.71 bits per heavy atom. The van der Waals surface area contributed by atoms with Crippen molar-refractivity contribution in [2.24, 2.45) is 5.73 Å². The summed E-state index contributed by atoms with van der Waals surface area (Å²) in [6.45, 7) is 2.00. The van der Waals surface area contributed by atoms with Crippen molar-refractivity contribution in [3.8, 4) is 0 Å². The Hall–Kier alpha value is -1.68. The lowest BCUT2D eigenvalue weighted by Gasteiger charge is -1.99. The maximum absolute atomic E-state index is 5.82. The molecule has 0 amide bonds. The van der Waals surface area contributed by atoms with Crippen LogP contribution in [-0.2, 0) is 12.8 Å². The topological polar surface area (TPSA) is 64.9 Å². The number of nitrogens with zero attached hydrogens (tertiary/aromatic N) is 2. The molecule has 0 aliphatic heterocycles. The zero-order chi connectivity index (χ0) is 12.1. The van der Waals surface area contributed by atoms with E-state index >= 15 is 0 Å². The molecule has 1 heterocycles. The molecule has 2 aromatic rings. The average Bonchev–Trinajstić information content (AvgIpc) is 2.85. The summed E-state index contributed by atoms with van der Waals surface area (Å²) in [5.74, 6) is 1.27. The first-order valence-corrected chi connectivity index (χ1v) is 5.91. The van der Waals surface area contributed by atoms with Crippen molar-refractivity contribution in [2.75, 3.05) is 0 Å². The predicted octanol–water partition coefficient (Wildman–Crippen LogP) is 2.26. The summed E-state index contributed by atoms with van der Waals surface area (Å²) in [6, 6.07) is 10.1. The van der Waals surface area contributed by atoms with Gasteiger partial charge in [0.05, 0.1) is 6.04 Å². The van der Waals surface area contributed by atoms with E-state index in [4.69, 9.17) is 10.3 Å². The number of hydrogen-bond acceptors (Lipinski definition) is 4. The number of benzene rings is 1. The van der Waals surface area contributed by atoms with Crippen LogP contribution in [-0.4, -0.2) is 10.1 Å². The molecule has 0 saturated heterocycles. The van der Waals surface area contributed by atoms with Gasteiger partial charge in [0.25, 0.3) is 0 Å². The molecule has 0 bridgehead atoms. The Morgan fingerprint density at radius 2 is 2.00 bits per heavy atom. The van der Waals surface area contributed by atoms with E-state index < -0.39 is 0 Å². The molecule has 4 nitrogen and oxygen atoms in total. The second-order valence-electron chi connectivity index (χ2n) is 4.05. The van der Waals surface area contributed by atoms with Crippen molar-refractivity contribution in [3.05, 3.63) is 47.6 Å². The highest BCUT2D eigenvalue weighted by atomic mass is 16.5. The predicted molar refractivity (Wildman–Crippen MR) is 65.4 cm³/mol. The third-order valence-corrected chi connectivity index (χ3v) is 2.72. The number of aromatic nitrogens is 2. The highest BCUT2D eigenvalue weighted by Crippen LogP contribution is 2.11. The van der Waals surface area contributed by atoms with Crippen molar-refractivity contribution in [1.82, 2.24) is 10.1 Å². The number of aryl methyl sites for hydroxylation is 2.